The molecule has 0 atom stereocenters. The summed E-state index contributed by atoms with van der Waals surface area (Å²) in [7, 11) is 0. The van der Waals surface area contributed by atoms with Gasteiger partial charge in [0.2, 0.25) is 0 Å². The molecule has 1 heterocycles. The minimum atomic E-state index is -0.508. The Morgan fingerprint density at radius 3 is 2.55 bits per heavy atom. The number of halogens is 3. The molecule has 0 saturated heterocycles. The molecule has 0 unspecified atom stereocenters. The van der Waals surface area contributed by atoms with Crippen LogP contribution in [0, 0.1) is 5.82 Å². The van der Waals surface area contributed by atoms with E-state index < -0.39 is 5.82 Å². The molecule has 0 aliphatic carbocycles. The fourth-order valence-corrected chi connectivity index (χ4v) is 3.01. The fraction of sp³-hybridized carbons (Fsp3) is 0.286. The zero-order valence-corrected chi connectivity index (χ0v) is 13.6. The van der Waals surface area contributed by atoms with Crippen LogP contribution in [-0.2, 0) is 5.54 Å². The van der Waals surface area contributed by atoms with Crippen LogP contribution < -0.4 is 0 Å². The molecule has 0 N–H and O–H groups in total. The van der Waals surface area contributed by atoms with E-state index in [1.807, 2.05) is 20.8 Å². The van der Waals surface area contributed by atoms with Gasteiger partial charge in [0.25, 0.3) is 0 Å². The molecule has 0 amide bonds. The van der Waals surface area contributed by atoms with E-state index in [1.165, 1.54) is 12.1 Å². The second-order valence-electron chi connectivity index (χ2n) is 5.35. The van der Waals surface area contributed by atoms with Gasteiger partial charge in [-0.1, -0.05) is 17.7 Å². The molecule has 1 aromatic carbocycles. The Balaban J connectivity index is 2.79. The van der Waals surface area contributed by atoms with E-state index in [0.717, 1.165) is 0 Å². The summed E-state index contributed by atoms with van der Waals surface area (Å²) in [5.74, 6) is -0.508. The quantitative estimate of drug-likeness (QED) is 0.730. The Labute approximate surface area is 129 Å². The molecular weight excluding hydrogens is 347 g/mol. The van der Waals surface area contributed by atoms with E-state index in [0.29, 0.717) is 10.9 Å². The molecule has 0 saturated carbocycles. The summed E-state index contributed by atoms with van der Waals surface area (Å²) in [6, 6.07) is 4.37. The minimum Gasteiger partial charge on any atom is -0.298 e. The number of hydrogen-bond acceptors (Lipinski definition) is 2. The minimum absolute atomic E-state index is 0.139. The first-order valence-electron chi connectivity index (χ1n) is 5.96. The molecule has 0 fully saturated rings. The highest BCUT2D eigenvalue weighted by Crippen LogP contribution is 2.36. The Bertz CT molecular complexity index is 656. The van der Waals surface area contributed by atoms with Crippen molar-refractivity contribution in [3.63, 3.8) is 0 Å². The summed E-state index contributed by atoms with van der Waals surface area (Å²) >= 11 is 9.40. The summed E-state index contributed by atoms with van der Waals surface area (Å²) in [6.07, 6.45) is 0.650. The van der Waals surface area contributed by atoms with Crippen molar-refractivity contribution in [2.75, 3.05) is 0 Å². The first-order valence-corrected chi connectivity index (χ1v) is 7.13. The van der Waals surface area contributed by atoms with Crippen LogP contribution in [0.3, 0.4) is 0 Å². The number of carbonyl (C=O) groups is 1. The summed E-state index contributed by atoms with van der Waals surface area (Å²) in [6.45, 7) is 5.81. The fourth-order valence-electron chi connectivity index (χ4n) is 1.87. The van der Waals surface area contributed by atoms with Gasteiger partial charge in [-0.05, 0) is 48.8 Å². The number of nitrogens with zero attached hydrogens (tertiary/aromatic N) is 2. The zero-order chi connectivity index (χ0) is 15.1. The SMILES string of the molecule is CC(C)(C)n1nc(-c2c(F)cccc2Cl)c(C=O)c1Br. The average molecular weight is 360 g/mol. The van der Waals surface area contributed by atoms with Gasteiger partial charge in [0, 0.05) is 0 Å². The predicted octanol–water partition coefficient (Wildman–Crippen LogP) is 4.67. The van der Waals surface area contributed by atoms with Crippen molar-refractivity contribution in [3.05, 3.63) is 39.2 Å². The van der Waals surface area contributed by atoms with E-state index in [1.54, 1.807) is 10.7 Å². The number of aromatic nitrogens is 2. The second kappa shape index (κ2) is 5.30. The lowest BCUT2D eigenvalue weighted by Gasteiger charge is -2.20. The second-order valence-corrected chi connectivity index (χ2v) is 6.51. The molecule has 106 valence electrons. The molecule has 20 heavy (non-hydrogen) atoms. The molecule has 0 aliphatic rings. The molecule has 6 heteroatoms. The van der Waals surface area contributed by atoms with Crippen molar-refractivity contribution in [1.82, 2.24) is 9.78 Å². The van der Waals surface area contributed by atoms with Gasteiger partial charge in [0.15, 0.2) is 6.29 Å². The van der Waals surface area contributed by atoms with E-state index >= 15 is 0 Å². The topological polar surface area (TPSA) is 34.9 Å². The van der Waals surface area contributed by atoms with Crippen molar-refractivity contribution in [1.29, 1.82) is 0 Å². The van der Waals surface area contributed by atoms with Gasteiger partial charge in [-0.3, -0.25) is 9.48 Å². The van der Waals surface area contributed by atoms with Gasteiger partial charge >= 0.3 is 0 Å². The predicted molar refractivity (Wildman–Crippen MR) is 80.7 cm³/mol. The van der Waals surface area contributed by atoms with Crippen molar-refractivity contribution in [2.45, 2.75) is 26.3 Å². The first kappa shape index (κ1) is 15.2. The summed E-state index contributed by atoms with van der Waals surface area (Å²) in [5.41, 5.74) is 0.309. The molecule has 3 nitrogen and oxygen atoms in total. The number of aldehydes is 1. The van der Waals surface area contributed by atoms with E-state index in [4.69, 9.17) is 11.6 Å². The molecule has 1 aromatic heterocycles. The molecule has 2 rings (SSSR count). The largest absolute Gasteiger partial charge is 0.298 e. The number of hydrogen-bond donors (Lipinski definition) is 0. The van der Waals surface area contributed by atoms with E-state index in [-0.39, 0.29) is 27.4 Å². The molecule has 0 spiro atoms. The Hall–Kier alpha value is -1.20. The van der Waals surface area contributed by atoms with Gasteiger partial charge in [0.05, 0.1) is 21.7 Å². The summed E-state index contributed by atoms with van der Waals surface area (Å²) in [4.78, 5) is 11.3. The van der Waals surface area contributed by atoms with Gasteiger partial charge in [-0.2, -0.15) is 5.10 Å². The van der Waals surface area contributed by atoms with Gasteiger partial charge in [-0.15, -0.1) is 0 Å². The highest BCUT2D eigenvalue weighted by molar-refractivity contribution is 9.10. The highest BCUT2D eigenvalue weighted by Gasteiger charge is 2.26. The van der Waals surface area contributed by atoms with Crippen LogP contribution in [0.1, 0.15) is 31.1 Å². The van der Waals surface area contributed by atoms with E-state index in [9.17, 15) is 9.18 Å². The third-order valence-corrected chi connectivity index (χ3v) is 3.89. The normalized spacial score (nSPS) is 11.7. The lowest BCUT2D eigenvalue weighted by molar-refractivity contribution is 0.112. The van der Waals surface area contributed by atoms with Crippen LogP contribution in [0.15, 0.2) is 22.8 Å². The van der Waals surface area contributed by atoms with Crippen LogP contribution >= 0.6 is 27.5 Å². The number of carbonyl (C=O) groups excluding carboxylic acids is 1. The number of rotatable bonds is 2. The Morgan fingerprint density at radius 2 is 2.05 bits per heavy atom. The van der Waals surface area contributed by atoms with Crippen molar-refractivity contribution in [2.24, 2.45) is 0 Å². The van der Waals surface area contributed by atoms with Crippen LogP contribution in [-0.4, -0.2) is 16.1 Å². The Morgan fingerprint density at radius 1 is 1.40 bits per heavy atom. The van der Waals surface area contributed by atoms with Gasteiger partial charge in [-0.25, -0.2) is 4.39 Å². The smallest absolute Gasteiger partial charge is 0.155 e. The molecule has 0 bridgehead atoms. The summed E-state index contributed by atoms with van der Waals surface area (Å²) < 4.78 is 16.2. The lowest BCUT2D eigenvalue weighted by atomic mass is 10.1. The van der Waals surface area contributed by atoms with Gasteiger partial charge < -0.3 is 0 Å². The maximum Gasteiger partial charge on any atom is 0.155 e. The van der Waals surface area contributed by atoms with Crippen molar-refractivity contribution in [3.8, 4) is 11.3 Å². The third-order valence-electron chi connectivity index (χ3n) is 2.82. The maximum absolute atomic E-state index is 14.0. The average Bonchev–Trinajstić information content (AvgIpc) is 2.66. The Kier molecular flexibility index (Phi) is 4.02. The van der Waals surface area contributed by atoms with Gasteiger partial charge in [0.1, 0.15) is 16.1 Å². The monoisotopic (exact) mass is 358 g/mol. The molecule has 0 aliphatic heterocycles. The van der Waals surface area contributed by atoms with Crippen molar-refractivity contribution < 1.29 is 9.18 Å². The number of benzene rings is 1. The lowest BCUT2D eigenvalue weighted by Crippen LogP contribution is -2.23. The van der Waals surface area contributed by atoms with Crippen LogP contribution in [0.25, 0.3) is 11.3 Å². The van der Waals surface area contributed by atoms with Crippen LogP contribution in [0.4, 0.5) is 4.39 Å². The summed E-state index contributed by atoms with van der Waals surface area (Å²) in [5, 5.41) is 4.58. The first-order chi connectivity index (χ1) is 9.27. The van der Waals surface area contributed by atoms with Crippen molar-refractivity contribution >= 4 is 33.8 Å². The van der Waals surface area contributed by atoms with E-state index in [2.05, 4.69) is 21.0 Å². The molecule has 2 aromatic rings. The highest BCUT2D eigenvalue weighted by atomic mass is 79.9. The van der Waals surface area contributed by atoms with Crippen LogP contribution in [0.2, 0.25) is 5.02 Å². The van der Waals surface area contributed by atoms with Crippen LogP contribution in [0.5, 0.6) is 0 Å². The maximum atomic E-state index is 14.0. The molecular formula is C14H13BrClFN2O. The molecule has 0 radical (unpaired) electrons. The zero-order valence-electron chi connectivity index (χ0n) is 11.2. The third kappa shape index (κ3) is 2.52. The standard InChI is InChI=1S/C14H13BrClFN2O/c1-14(2,3)19-13(15)8(7-20)12(18-19)11-9(16)5-4-6-10(11)17/h4-7H,1-3H3.